The number of amides is 2. The number of furan rings is 1. The summed E-state index contributed by atoms with van der Waals surface area (Å²) in [6, 6.07) is 10.2. The number of thioether (sulfide) groups is 1. The van der Waals surface area contributed by atoms with Gasteiger partial charge in [0.15, 0.2) is 10.9 Å². The molecule has 8 nitrogen and oxygen atoms in total. The molecule has 9 heteroatoms. The molecule has 0 saturated heterocycles. The van der Waals surface area contributed by atoms with Gasteiger partial charge in [0.2, 0.25) is 11.7 Å². The van der Waals surface area contributed by atoms with E-state index in [2.05, 4.69) is 27.4 Å². The first-order valence-corrected chi connectivity index (χ1v) is 9.43. The molecule has 2 amide bonds. The van der Waals surface area contributed by atoms with Crippen LogP contribution in [-0.2, 0) is 11.3 Å². The third-order valence-corrected chi connectivity index (χ3v) is 4.73. The molecule has 144 valence electrons. The van der Waals surface area contributed by atoms with E-state index in [-0.39, 0.29) is 17.6 Å². The maximum atomic E-state index is 12.3. The Morgan fingerprint density at radius 3 is 2.68 bits per heavy atom. The van der Waals surface area contributed by atoms with Crippen LogP contribution in [0.3, 0.4) is 0 Å². The Labute approximate surface area is 166 Å². The zero-order valence-electron chi connectivity index (χ0n) is 15.2. The van der Waals surface area contributed by atoms with Crippen LogP contribution in [0.25, 0.3) is 11.6 Å². The molecule has 3 aromatic rings. The minimum absolute atomic E-state index is 0.157. The fourth-order valence-corrected chi connectivity index (χ4v) is 3.20. The summed E-state index contributed by atoms with van der Waals surface area (Å²) in [5.41, 5.74) is 1.14. The summed E-state index contributed by atoms with van der Waals surface area (Å²) in [4.78, 5) is 23.8. The third-order valence-electron chi connectivity index (χ3n) is 3.76. The zero-order valence-corrected chi connectivity index (χ0v) is 16.0. The molecule has 0 aliphatic rings. The first-order valence-electron chi connectivity index (χ1n) is 8.45. The van der Waals surface area contributed by atoms with E-state index in [0.29, 0.717) is 34.5 Å². The number of carbonyl (C=O) groups is 2. The van der Waals surface area contributed by atoms with Crippen LogP contribution < -0.4 is 10.6 Å². The molecule has 0 saturated carbocycles. The van der Waals surface area contributed by atoms with Crippen LogP contribution in [0.5, 0.6) is 0 Å². The molecule has 2 aromatic heterocycles. The van der Waals surface area contributed by atoms with Crippen LogP contribution in [0.15, 0.2) is 64.9 Å². The van der Waals surface area contributed by atoms with Gasteiger partial charge in [-0.1, -0.05) is 17.8 Å². The fourth-order valence-electron chi connectivity index (χ4n) is 2.45. The number of allylic oxidation sites excluding steroid dienone is 1. The van der Waals surface area contributed by atoms with Crippen LogP contribution in [0.2, 0.25) is 0 Å². The Kier molecular flexibility index (Phi) is 6.28. The third kappa shape index (κ3) is 4.49. The highest BCUT2D eigenvalue weighted by Gasteiger charge is 2.16. The largest absolute Gasteiger partial charge is 0.461 e. The van der Waals surface area contributed by atoms with Crippen molar-refractivity contribution in [1.82, 2.24) is 20.1 Å². The summed E-state index contributed by atoms with van der Waals surface area (Å²) < 4.78 is 7.22. The number of nitrogens with zero attached hydrogens (tertiary/aromatic N) is 3. The Bertz CT molecular complexity index is 964. The molecule has 0 spiro atoms. The molecule has 0 radical (unpaired) electrons. The van der Waals surface area contributed by atoms with Gasteiger partial charge in [-0.2, -0.15) is 0 Å². The van der Waals surface area contributed by atoms with E-state index in [1.807, 2.05) is 4.57 Å². The fraction of sp³-hybridized carbons (Fsp3) is 0.158. The molecule has 0 fully saturated rings. The first-order chi connectivity index (χ1) is 13.6. The predicted octanol–water partition coefficient (Wildman–Crippen LogP) is 2.81. The Hall–Kier alpha value is -3.33. The number of benzene rings is 1. The lowest BCUT2D eigenvalue weighted by Gasteiger charge is -2.07. The van der Waals surface area contributed by atoms with Crippen molar-refractivity contribution in [2.75, 3.05) is 18.1 Å². The lowest BCUT2D eigenvalue weighted by molar-refractivity contribution is -0.113. The number of carbonyl (C=O) groups excluding carboxylic acids is 2. The van der Waals surface area contributed by atoms with Crippen LogP contribution in [-0.4, -0.2) is 39.4 Å². The molecule has 0 atom stereocenters. The molecule has 1 aromatic carbocycles. The lowest BCUT2D eigenvalue weighted by atomic mass is 10.2. The topological polar surface area (TPSA) is 102 Å². The second kappa shape index (κ2) is 9.05. The highest BCUT2D eigenvalue weighted by Crippen LogP contribution is 2.24. The molecular weight excluding hydrogens is 378 g/mol. The maximum Gasteiger partial charge on any atom is 0.251 e. The quantitative estimate of drug-likeness (QED) is 0.448. The zero-order chi connectivity index (χ0) is 19.9. The van der Waals surface area contributed by atoms with E-state index < -0.39 is 0 Å². The van der Waals surface area contributed by atoms with Crippen LogP contribution >= 0.6 is 11.8 Å². The van der Waals surface area contributed by atoms with Crippen LogP contribution in [0.1, 0.15) is 10.4 Å². The Morgan fingerprint density at radius 1 is 1.25 bits per heavy atom. The summed E-state index contributed by atoms with van der Waals surface area (Å²) in [6.45, 7) is 4.25. The molecule has 0 unspecified atom stereocenters. The van der Waals surface area contributed by atoms with Gasteiger partial charge in [0.05, 0.1) is 12.0 Å². The highest BCUT2D eigenvalue weighted by molar-refractivity contribution is 7.99. The second-order valence-electron chi connectivity index (χ2n) is 5.68. The second-order valence-corrected chi connectivity index (χ2v) is 6.62. The summed E-state index contributed by atoms with van der Waals surface area (Å²) in [6.07, 6.45) is 3.30. The van der Waals surface area contributed by atoms with Crippen molar-refractivity contribution >= 4 is 29.3 Å². The van der Waals surface area contributed by atoms with Gasteiger partial charge in [0, 0.05) is 24.8 Å². The van der Waals surface area contributed by atoms with E-state index in [1.54, 1.807) is 55.8 Å². The van der Waals surface area contributed by atoms with Crippen molar-refractivity contribution < 1.29 is 14.0 Å². The average Bonchev–Trinajstić information content (AvgIpc) is 3.36. The number of nitrogens with one attached hydrogen (secondary N) is 2. The Balaban J connectivity index is 1.63. The van der Waals surface area contributed by atoms with Crippen molar-refractivity contribution in [3.05, 3.63) is 60.9 Å². The predicted molar refractivity (Wildman–Crippen MR) is 107 cm³/mol. The van der Waals surface area contributed by atoms with Gasteiger partial charge < -0.3 is 15.1 Å². The smallest absolute Gasteiger partial charge is 0.251 e. The number of aromatic nitrogens is 3. The molecule has 0 aliphatic heterocycles. The van der Waals surface area contributed by atoms with Gasteiger partial charge in [-0.15, -0.1) is 16.8 Å². The lowest BCUT2D eigenvalue weighted by Crippen LogP contribution is -2.18. The normalized spacial score (nSPS) is 10.5. The van der Waals surface area contributed by atoms with Crippen LogP contribution in [0, 0.1) is 0 Å². The monoisotopic (exact) mass is 397 g/mol. The van der Waals surface area contributed by atoms with Crippen molar-refractivity contribution in [3.8, 4) is 11.6 Å². The van der Waals surface area contributed by atoms with Gasteiger partial charge in [-0.25, -0.2) is 0 Å². The number of anilines is 1. The molecule has 3 rings (SSSR count). The average molecular weight is 397 g/mol. The van der Waals surface area contributed by atoms with Gasteiger partial charge in [-0.3, -0.25) is 14.2 Å². The van der Waals surface area contributed by atoms with E-state index >= 15 is 0 Å². The molecule has 2 N–H and O–H groups in total. The van der Waals surface area contributed by atoms with E-state index in [0.717, 1.165) is 0 Å². The van der Waals surface area contributed by atoms with Crippen LogP contribution in [0.4, 0.5) is 5.69 Å². The van der Waals surface area contributed by atoms with Gasteiger partial charge >= 0.3 is 0 Å². The number of hydrogen-bond acceptors (Lipinski definition) is 6. The minimum Gasteiger partial charge on any atom is -0.461 e. The number of rotatable bonds is 8. The van der Waals surface area contributed by atoms with Gasteiger partial charge in [0.25, 0.3) is 5.91 Å². The number of hydrogen-bond donors (Lipinski definition) is 2. The highest BCUT2D eigenvalue weighted by atomic mass is 32.2. The van der Waals surface area contributed by atoms with Crippen molar-refractivity contribution in [2.45, 2.75) is 11.7 Å². The van der Waals surface area contributed by atoms with Gasteiger partial charge in [-0.05, 0) is 36.4 Å². The summed E-state index contributed by atoms with van der Waals surface area (Å²) in [5, 5.41) is 14.2. The Morgan fingerprint density at radius 2 is 2.04 bits per heavy atom. The SMILES string of the molecule is C=CCn1c(SCC(=O)Nc2ccc(C(=O)NC)cc2)nnc1-c1ccco1. The van der Waals surface area contributed by atoms with Crippen molar-refractivity contribution in [2.24, 2.45) is 0 Å². The summed E-state index contributed by atoms with van der Waals surface area (Å²) in [5.74, 6) is 0.970. The van der Waals surface area contributed by atoms with Gasteiger partial charge in [0.1, 0.15) is 0 Å². The molecule has 0 bridgehead atoms. The van der Waals surface area contributed by atoms with Crippen molar-refractivity contribution in [3.63, 3.8) is 0 Å². The van der Waals surface area contributed by atoms with E-state index in [9.17, 15) is 9.59 Å². The standard InChI is InChI=1S/C19H19N5O3S/c1-3-10-24-17(15-5-4-11-27-15)22-23-19(24)28-12-16(25)21-14-8-6-13(7-9-14)18(26)20-2/h3-9,11H,1,10,12H2,2H3,(H,20,26)(H,21,25). The van der Waals surface area contributed by atoms with E-state index in [4.69, 9.17) is 4.42 Å². The molecule has 0 aliphatic carbocycles. The molecular formula is C19H19N5O3S. The molecule has 2 heterocycles. The molecule has 28 heavy (non-hydrogen) atoms. The maximum absolute atomic E-state index is 12.3. The first kappa shape index (κ1) is 19.4. The van der Waals surface area contributed by atoms with E-state index in [1.165, 1.54) is 11.8 Å². The summed E-state index contributed by atoms with van der Waals surface area (Å²) in [7, 11) is 1.57. The minimum atomic E-state index is -0.189. The summed E-state index contributed by atoms with van der Waals surface area (Å²) >= 11 is 1.27. The van der Waals surface area contributed by atoms with Crippen molar-refractivity contribution in [1.29, 1.82) is 0 Å².